The molecule has 0 aliphatic rings. The summed E-state index contributed by atoms with van der Waals surface area (Å²) < 4.78 is 6.22. The molecule has 0 atom stereocenters. The Morgan fingerprint density at radius 2 is 1.57 bits per heavy atom. The fourth-order valence-corrected chi connectivity index (χ4v) is 3.33. The number of hydrogen-bond acceptors (Lipinski definition) is 2. The van der Waals surface area contributed by atoms with Crippen molar-refractivity contribution in [2.24, 2.45) is 4.99 Å². The molecule has 0 spiro atoms. The molecule has 0 fully saturated rings. The summed E-state index contributed by atoms with van der Waals surface area (Å²) in [6, 6.07) is 24.3. The van der Waals surface area contributed by atoms with Gasteiger partial charge in [0.05, 0.1) is 11.0 Å². The third-order valence-electron chi connectivity index (χ3n) is 4.84. The van der Waals surface area contributed by atoms with Gasteiger partial charge in [-0.3, -0.25) is 0 Å². The zero-order chi connectivity index (χ0) is 19.7. The van der Waals surface area contributed by atoms with Gasteiger partial charge in [-0.2, -0.15) is 0 Å². The highest BCUT2D eigenvalue weighted by Gasteiger charge is 2.08. The van der Waals surface area contributed by atoms with Crippen LogP contribution in [0.15, 0.2) is 82.2 Å². The average Bonchev–Trinajstić information content (AvgIpc) is 2.70. The molecule has 0 N–H and O–H groups in total. The maximum atomic E-state index is 6.22. The lowest BCUT2D eigenvalue weighted by atomic mass is 10.0. The Morgan fingerprint density at radius 3 is 2.25 bits per heavy atom. The molecule has 0 aliphatic heterocycles. The number of benzene rings is 3. The normalized spacial score (nSPS) is 12.1. The predicted molar refractivity (Wildman–Crippen MR) is 117 cm³/mol. The van der Waals surface area contributed by atoms with E-state index in [4.69, 9.17) is 21.0 Å². The van der Waals surface area contributed by atoms with E-state index in [1.54, 1.807) is 0 Å². The maximum Gasteiger partial charge on any atom is 0.136 e. The Labute approximate surface area is 170 Å². The van der Waals surface area contributed by atoms with Gasteiger partial charge >= 0.3 is 0 Å². The Morgan fingerprint density at radius 1 is 0.857 bits per heavy atom. The van der Waals surface area contributed by atoms with E-state index < -0.39 is 0 Å². The van der Waals surface area contributed by atoms with Crippen LogP contribution in [0.2, 0.25) is 5.02 Å². The standard InChI is InChI=1S/C25H22ClNO/c1-16(2)18-5-7-19(8-6-18)25-15-23(27-21-11-9-20(26)10-12-21)22-14-17(3)4-13-24(22)28-25/h4-16H,1-3H3. The third kappa shape index (κ3) is 3.88. The van der Waals surface area contributed by atoms with Crippen LogP contribution in [0.3, 0.4) is 0 Å². The van der Waals surface area contributed by atoms with Crippen LogP contribution in [0, 0.1) is 6.92 Å². The van der Waals surface area contributed by atoms with Crippen molar-refractivity contribution in [3.05, 3.63) is 94.3 Å². The molecule has 3 heteroatoms. The largest absolute Gasteiger partial charge is 0.456 e. The molecule has 2 nitrogen and oxygen atoms in total. The van der Waals surface area contributed by atoms with Crippen LogP contribution in [-0.4, -0.2) is 0 Å². The number of fused-ring (bicyclic) bond motifs is 1. The third-order valence-corrected chi connectivity index (χ3v) is 5.09. The lowest BCUT2D eigenvalue weighted by molar-refractivity contribution is 0.618. The predicted octanol–water partition coefficient (Wildman–Crippen LogP) is 7.42. The molecule has 0 unspecified atom stereocenters. The number of halogens is 1. The Balaban J connectivity index is 1.91. The Bertz CT molecular complexity index is 1190. The topological polar surface area (TPSA) is 25.5 Å². The summed E-state index contributed by atoms with van der Waals surface area (Å²) in [4.78, 5) is 4.86. The van der Waals surface area contributed by atoms with E-state index in [2.05, 4.69) is 57.2 Å². The van der Waals surface area contributed by atoms with Crippen molar-refractivity contribution >= 4 is 28.3 Å². The highest BCUT2D eigenvalue weighted by molar-refractivity contribution is 6.30. The molecular formula is C25H22ClNO. The van der Waals surface area contributed by atoms with Crippen LogP contribution in [0.5, 0.6) is 0 Å². The van der Waals surface area contributed by atoms with Crippen molar-refractivity contribution in [3.63, 3.8) is 0 Å². The minimum absolute atomic E-state index is 0.501. The summed E-state index contributed by atoms with van der Waals surface area (Å²) in [6.45, 7) is 6.46. The number of aryl methyl sites for hydroxylation is 1. The van der Waals surface area contributed by atoms with Crippen LogP contribution in [0.25, 0.3) is 22.3 Å². The van der Waals surface area contributed by atoms with Crippen LogP contribution in [0.4, 0.5) is 5.69 Å². The van der Waals surface area contributed by atoms with Crippen LogP contribution >= 0.6 is 11.6 Å². The summed E-state index contributed by atoms with van der Waals surface area (Å²) >= 11 is 6.01. The molecule has 0 saturated heterocycles. The SMILES string of the molecule is Cc1ccc2oc(-c3ccc(C(C)C)cc3)cc(=Nc3ccc(Cl)cc3)c2c1. The van der Waals surface area contributed by atoms with Gasteiger partial charge in [0.15, 0.2) is 0 Å². The van der Waals surface area contributed by atoms with E-state index in [0.29, 0.717) is 10.9 Å². The second-order valence-corrected chi connectivity index (χ2v) is 7.80. The molecule has 3 aromatic carbocycles. The Hall–Kier alpha value is -2.84. The molecule has 0 bridgehead atoms. The number of hydrogen-bond donors (Lipinski definition) is 0. The van der Waals surface area contributed by atoms with E-state index in [1.807, 2.05) is 36.4 Å². The monoisotopic (exact) mass is 387 g/mol. The van der Waals surface area contributed by atoms with Gasteiger partial charge in [-0.25, -0.2) is 4.99 Å². The molecule has 1 heterocycles. The van der Waals surface area contributed by atoms with Crippen LogP contribution < -0.4 is 5.36 Å². The fourth-order valence-electron chi connectivity index (χ4n) is 3.20. The number of rotatable bonds is 3. The second kappa shape index (κ2) is 7.65. The van der Waals surface area contributed by atoms with Crippen molar-refractivity contribution in [2.75, 3.05) is 0 Å². The van der Waals surface area contributed by atoms with E-state index >= 15 is 0 Å². The van der Waals surface area contributed by atoms with Crippen molar-refractivity contribution in [2.45, 2.75) is 26.7 Å². The summed E-state index contributed by atoms with van der Waals surface area (Å²) in [6.07, 6.45) is 0. The summed E-state index contributed by atoms with van der Waals surface area (Å²) in [5.41, 5.74) is 5.21. The Kier molecular flexibility index (Phi) is 5.06. The molecule has 28 heavy (non-hydrogen) atoms. The molecule has 4 rings (SSSR count). The van der Waals surface area contributed by atoms with Crippen molar-refractivity contribution < 1.29 is 4.42 Å². The molecule has 0 amide bonds. The molecule has 0 aliphatic carbocycles. The molecule has 1 aromatic heterocycles. The summed E-state index contributed by atoms with van der Waals surface area (Å²) in [5, 5.41) is 2.58. The van der Waals surface area contributed by atoms with Gasteiger partial charge in [-0.1, -0.05) is 61.3 Å². The summed E-state index contributed by atoms with van der Waals surface area (Å²) in [7, 11) is 0. The highest BCUT2D eigenvalue weighted by atomic mass is 35.5. The van der Waals surface area contributed by atoms with Gasteiger partial charge in [-0.15, -0.1) is 0 Å². The first-order valence-corrected chi connectivity index (χ1v) is 9.82. The van der Waals surface area contributed by atoms with Gasteiger partial charge in [0.1, 0.15) is 11.3 Å². The minimum Gasteiger partial charge on any atom is -0.456 e. The average molecular weight is 388 g/mol. The van der Waals surface area contributed by atoms with Gasteiger partial charge in [0.25, 0.3) is 0 Å². The first kappa shape index (κ1) is 18.5. The molecule has 0 saturated carbocycles. The van der Waals surface area contributed by atoms with Crippen LogP contribution in [-0.2, 0) is 0 Å². The van der Waals surface area contributed by atoms with E-state index in [9.17, 15) is 0 Å². The van der Waals surface area contributed by atoms with Gasteiger partial charge in [-0.05, 0) is 54.8 Å². The molecular weight excluding hydrogens is 366 g/mol. The van der Waals surface area contributed by atoms with Crippen molar-refractivity contribution in [3.8, 4) is 11.3 Å². The lowest BCUT2D eigenvalue weighted by Gasteiger charge is -2.08. The summed E-state index contributed by atoms with van der Waals surface area (Å²) in [5.74, 6) is 1.31. The molecule has 140 valence electrons. The van der Waals surface area contributed by atoms with Crippen molar-refractivity contribution in [1.29, 1.82) is 0 Å². The molecule has 0 radical (unpaired) electrons. The van der Waals surface area contributed by atoms with Gasteiger partial charge in [0.2, 0.25) is 0 Å². The first-order chi connectivity index (χ1) is 13.5. The van der Waals surface area contributed by atoms with E-state index in [1.165, 1.54) is 11.1 Å². The highest BCUT2D eigenvalue weighted by Crippen LogP contribution is 2.25. The van der Waals surface area contributed by atoms with E-state index in [-0.39, 0.29) is 0 Å². The lowest BCUT2D eigenvalue weighted by Crippen LogP contribution is -2.03. The fraction of sp³-hybridized carbons (Fsp3) is 0.160. The quantitative estimate of drug-likeness (QED) is 0.359. The first-order valence-electron chi connectivity index (χ1n) is 9.45. The smallest absolute Gasteiger partial charge is 0.136 e. The van der Waals surface area contributed by atoms with E-state index in [0.717, 1.165) is 33.3 Å². The number of nitrogens with zero attached hydrogens (tertiary/aromatic N) is 1. The van der Waals surface area contributed by atoms with Gasteiger partial charge in [0, 0.05) is 22.0 Å². The van der Waals surface area contributed by atoms with Crippen LogP contribution in [0.1, 0.15) is 30.9 Å². The minimum atomic E-state index is 0.501. The maximum absolute atomic E-state index is 6.22. The molecule has 4 aromatic rings. The zero-order valence-corrected chi connectivity index (χ0v) is 17.0. The zero-order valence-electron chi connectivity index (χ0n) is 16.2. The second-order valence-electron chi connectivity index (χ2n) is 7.36. The van der Waals surface area contributed by atoms with Gasteiger partial charge < -0.3 is 4.42 Å². The van der Waals surface area contributed by atoms with Crippen molar-refractivity contribution in [1.82, 2.24) is 0 Å².